The van der Waals surface area contributed by atoms with Crippen LogP contribution in [0.4, 0.5) is 5.69 Å². The zero-order valence-corrected chi connectivity index (χ0v) is 13.1. The first-order valence-corrected chi connectivity index (χ1v) is 7.20. The Bertz CT molecular complexity index is 605. The zero-order valence-electron chi connectivity index (χ0n) is 13.1. The molecule has 0 fully saturated rings. The minimum atomic E-state index is -0.00603. The first-order chi connectivity index (χ1) is 10.6. The van der Waals surface area contributed by atoms with E-state index in [1.807, 2.05) is 55.5 Å². The summed E-state index contributed by atoms with van der Waals surface area (Å²) >= 11 is 0. The molecule has 0 aliphatic carbocycles. The average Bonchev–Trinajstić information content (AvgIpc) is 2.55. The van der Waals surface area contributed by atoms with Gasteiger partial charge in [0.05, 0.1) is 14.2 Å². The van der Waals surface area contributed by atoms with E-state index in [4.69, 9.17) is 9.47 Å². The molecule has 1 atom stereocenters. The van der Waals surface area contributed by atoms with E-state index in [2.05, 4.69) is 5.32 Å². The van der Waals surface area contributed by atoms with Crippen LogP contribution in [0.1, 0.15) is 24.8 Å². The summed E-state index contributed by atoms with van der Waals surface area (Å²) in [7, 11) is 3.25. The maximum Gasteiger partial charge on any atom is 0.224 e. The van der Waals surface area contributed by atoms with Gasteiger partial charge in [0, 0.05) is 12.1 Å². The van der Waals surface area contributed by atoms with Crippen molar-refractivity contribution < 1.29 is 14.3 Å². The van der Waals surface area contributed by atoms with Crippen molar-refractivity contribution in [3.8, 4) is 11.5 Å². The molecule has 4 nitrogen and oxygen atoms in total. The molecule has 1 amide bonds. The van der Waals surface area contributed by atoms with Gasteiger partial charge in [-0.05, 0) is 47.9 Å². The smallest absolute Gasteiger partial charge is 0.224 e. The minimum Gasteiger partial charge on any atom is -0.497 e. The van der Waals surface area contributed by atoms with Crippen molar-refractivity contribution in [2.75, 3.05) is 19.5 Å². The van der Waals surface area contributed by atoms with Crippen molar-refractivity contribution in [2.45, 2.75) is 19.3 Å². The number of hydrogen-bond acceptors (Lipinski definition) is 3. The van der Waals surface area contributed by atoms with Gasteiger partial charge in [-0.2, -0.15) is 0 Å². The van der Waals surface area contributed by atoms with Crippen LogP contribution < -0.4 is 14.8 Å². The number of benzene rings is 2. The van der Waals surface area contributed by atoms with Crippen molar-refractivity contribution in [3.05, 3.63) is 54.1 Å². The highest BCUT2D eigenvalue weighted by Gasteiger charge is 2.11. The van der Waals surface area contributed by atoms with Crippen molar-refractivity contribution in [2.24, 2.45) is 0 Å². The van der Waals surface area contributed by atoms with E-state index in [9.17, 15) is 4.79 Å². The fourth-order valence-corrected chi connectivity index (χ4v) is 2.21. The van der Waals surface area contributed by atoms with Crippen molar-refractivity contribution >= 4 is 11.6 Å². The summed E-state index contributed by atoms with van der Waals surface area (Å²) in [6.07, 6.45) is 0.429. The van der Waals surface area contributed by atoms with Gasteiger partial charge in [0.15, 0.2) is 0 Å². The van der Waals surface area contributed by atoms with E-state index in [0.29, 0.717) is 6.42 Å². The molecule has 0 saturated heterocycles. The third-order valence-corrected chi connectivity index (χ3v) is 3.55. The van der Waals surface area contributed by atoms with Crippen LogP contribution in [0.25, 0.3) is 0 Å². The third-order valence-electron chi connectivity index (χ3n) is 3.55. The summed E-state index contributed by atoms with van der Waals surface area (Å²) < 4.78 is 10.2. The fraction of sp³-hybridized carbons (Fsp3) is 0.278. The van der Waals surface area contributed by atoms with Crippen molar-refractivity contribution in [3.63, 3.8) is 0 Å². The van der Waals surface area contributed by atoms with Gasteiger partial charge in [-0.1, -0.05) is 19.1 Å². The molecule has 0 heterocycles. The lowest BCUT2D eigenvalue weighted by Crippen LogP contribution is -2.14. The summed E-state index contributed by atoms with van der Waals surface area (Å²) in [5.41, 5.74) is 1.89. The first kappa shape index (κ1) is 15.9. The second-order valence-electron chi connectivity index (χ2n) is 5.16. The zero-order chi connectivity index (χ0) is 15.9. The predicted octanol–water partition coefficient (Wildman–Crippen LogP) is 3.84. The molecule has 116 valence electrons. The summed E-state index contributed by atoms with van der Waals surface area (Å²) in [6.45, 7) is 2.04. The SMILES string of the molecule is COc1ccc(NC(=O)C[C@H](C)c2ccc(OC)cc2)cc1. The number of hydrogen-bond donors (Lipinski definition) is 1. The maximum absolute atomic E-state index is 12.1. The number of rotatable bonds is 6. The van der Waals surface area contributed by atoms with Crippen LogP contribution in [0.3, 0.4) is 0 Å². The van der Waals surface area contributed by atoms with Gasteiger partial charge >= 0.3 is 0 Å². The Balaban J connectivity index is 1.92. The molecule has 0 saturated carbocycles. The maximum atomic E-state index is 12.1. The van der Waals surface area contributed by atoms with Crippen molar-refractivity contribution in [1.82, 2.24) is 0 Å². The largest absolute Gasteiger partial charge is 0.497 e. The first-order valence-electron chi connectivity index (χ1n) is 7.20. The Labute approximate surface area is 131 Å². The highest BCUT2D eigenvalue weighted by Crippen LogP contribution is 2.23. The van der Waals surface area contributed by atoms with Gasteiger partial charge in [-0.25, -0.2) is 0 Å². The summed E-state index contributed by atoms with van der Waals surface area (Å²) in [4.78, 5) is 12.1. The van der Waals surface area contributed by atoms with Crippen LogP contribution in [-0.2, 0) is 4.79 Å². The van der Waals surface area contributed by atoms with Gasteiger partial charge in [0.25, 0.3) is 0 Å². The quantitative estimate of drug-likeness (QED) is 0.881. The Morgan fingerprint density at radius 3 is 1.95 bits per heavy atom. The lowest BCUT2D eigenvalue weighted by molar-refractivity contribution is -0.116. The highest BCUT2D eigenvalue weighted by atomic mass is 16.5. The topological polar surface area (TPSA) is 47.6 Å². The molecular formula is C18H21NO3. The van der Waals surface area contributed by atoms with E-state index in [-0.39, 0.29) is 11.8 Å². The number of amides is 1. The second-order valence-corrected chi connectivity index (χ2v) is 5.16. The van der Waals surface area contributed by atoms with Crippen molar-refractivity contribution in [1.29, 1.82) is 0 Å². The minimum absolute atomic E-state index is 0.00603. The Hall–Kier alpha value is -2.49. The average molecular weight is 299 g/mol. The second kappa shape index (κ2) is 7.50. The molecule has 4 heteroatoms. The highest BCUT2D eigenvalue weighted by molar-refractivity contribution is 5.91. The van der Waals surface area contributed by atoms with E-state index in [1.165, 1.54) is 0 Å². The molecule has 2 aromatic carbocycles. The molecular weight excluding hydrogens is 278 g/mol. The van der Waals surface area contributed by atoms with E-state index in [0.717, 1.165) is 22.7 Å². The molecule has 0 radical (unpaired) electrons. The van der Waals surface area contributed by atoms with E-state index >= 15 is 0 Å². The van der Waals surface area contributed by atoms with Gasteiger partial charge in [0.1, 0.15) is 11.5 Å². The van der Waals surface area contributed by atoms with Gasteiger partial charge in [-0.3, -0.25) is 4.79 Å². The van der Waals surface area contributed by atoms with E-state index in [1.54, 1.807) is 14.2 Å². The van der Waals surface area contributed by atoms with Gasteiger partial charge in [-0.15, -0.1) is 0 Å². The Morgan fingerprint density at radius 1 is 0.955 bits per heavy atom. The Morgan fingerprint density at radius 2 is 1.45 bits per heavy atom. The molecule has 2 rings (SSSR count). The molecule has 1 N–H and O–H groups in total. The molecule has 0 aromatic heterocycles. The lowest BCUT2D eigenvalue weighted by Gasteiger charge is -2.13. The number of methoxy groups -OCH3 is 2. The van der Waals surface area contributed by atoms with Crippen LogP contribution in [0.5, 0.6) is 11.5 Å². The van der Waals surface area contributed by atoms with Crippen LogP contribution in [-0.4, -0.2) is 20.1 Å². The van der Waals surface area contributed by atoms with Crippen LogP contribution in [0.15, 0.2) is 48.5 Å². The number of nitrogens with one attached hydrogen (secondary N) is 1. The summed E-state index contributed by atoms with van der Waals surface area (Å²) in [5.74, 6) is 1.72. The lowest BCUT2D eigenvalue weighted by atomic mass is 9.97. The summed E-state index contributed by atoms with van der Waals surface area (Å²) in [6, 6.07) is 15.1. The normalized spacial score (nSPS) is 11.6. The fourth-order valence-electron chi connectivity index (χ4n) is 2.21. The van der Waals surface area contributed by atoms with E-state index < -0.39 is 0 Å². The summed E-state index contributed by atoms with van der Waals surface area (Å²) in [5, 5.41) is 2.90. The monoisotopic (exact) mass is 299 g/mol. The molecule has 0 aliphatic rings. The van der Waals surface area contributed by atoms with Crippen LogP contribution in [0.2, 0.25) is 0 Å². The van der Waals surface area contributed by atoms with Crippen LogP contribution in [0, 0.1) is 0 Å². The molecule has 0 bridgehead atoms. The predicted molar refractivity (Wildman–Crippen MR) is 87.6 cm³/mol. The number of anilines is 1. The molecule has 0 spiro atoms. The third kappa shape index (κ3) is 4.25. The molecule has 22 heavy (non-hydrogen) atoms. The number of carbonyl (C=O) groups is 1. The number of ether oxygens (including phenoxy) is 2. The number of carbonyl (C=O) groups excluding carboxylic acids is 1. The van der Waals surface area contributed by atoms with Gasteiger partial charge < -0.3 is 14.8 Å². The van der Waals surface area contributed by atoms with Crippen LogP contribution >= 0.6 is 0 Å². The standard InChI is InChI=1S/C18H21NO3/c1-13(14-4-8-16(21-2)9-5-14)12-18(20)19-15-6-10-17(22-3)11-7-15/h4-11,13H,12H2,1-3H3,(H,19,20)/t13-/m0/s1. The van der Waals surface area contributed by atoms with Gasteiger partial charge in [0.2, 0.25) is 5.91 Å². The molecule has 0 aliphatic heterocycles. The molecule has 2 aromatic rings. The molecule has 0 unspecified atom stereocenters. The Kier molecular flexibility index (Phi) is 5.42.